The number of hydrogen-bond acceptors (Lipinski definition) is 2. The van der Waals surface area contributed by atoms with Gasteiger partial charge in [0.25, 0.3) is 0 Å². The highest BCUT2D eigenvalue weighted by molar-refractivity contribution is 5.74. The molecule has 29 heavy (non-hydrogen) atoms. The molecule has 3 rings (SSSR count). The van der Waals surface area contributed by atoms with E-state index in [4.69, 9.17) is 0 Å². The fourth-order valence-corrected chi connectivity index (χ4v) is 4.40. The summed E-state index contributed by atoms with van der Waals surface area (Å²) >= 11 is 0. The van der Waals surface area contributed by atoms with Crippen LogP contribution in [-0.2, 0) is 0 Å². The van der Waals surface area contributed by atoms with Gasteiger partial charge in [-0.25, -0.2) is 4.79 Å². The lowest BCUT2D eigenvalue weighted by Gasteiger charge is -2.40. The van der Waals surface area contributed by atoms with Crippen LogP contribution in [0.25, 0.3) is 0 Å². The monoisotopic (exact) mass is 395 g/mol. The van der Waals surface area contributed by atoms with E-state index in [1.807, 2.05) is 4.90 Å². The summed E-state index contributed by atoms with van der Waals surface area (Å²) in [4.78, 5) is 17.2. The molecule has 1 aliphatic carbocycles. The summed E-state index contributed by atoms with van der Waals surface area (Å²) < 4.78 is 0. The molecule has 1 aromatic rings. The normalized spacial score (nSPS) is 19.5. The van der Waals surface area contributed by atoms with Gasteiger partial charge in [0.1, 0.15) is 0 Å². The number of piperazine rings is 1. The molecule has 0 spiro atoms. The third kappa shape index (κ3) is 6.20. The maximum atomic E-state index is 12.7. The van der Waals surface area contributed by atoms with Gasteiger partial charge < -0.3 is 10.2 Å². The van der Waals surface area contributed by atoms with E-state index in [-0.39, 0.29) is 6.03 Å². The molecule has 1 N–H and O–H groups in total. The summed E-state index contributed by atoms with van der Waals surface area (Å²) in [5.74, 6) is 0. The van der Waals surface area contributed by atoms with Gasteiger partial charge >= 0.3 is 6.03 Å². The standard InChI is InChI=1S/C25H37N3O/c1-3-11-23(4-2)26-25(29)28-18-16-27(17-19-28)24(22-14-9-6-10-15-22)20-21-12-7-5-8-13-21/h6-7,9-10,12-15,23-24H,3-5,8,11,16-20H2,1-2H3,(H,26,29). The van der Waals surface area contributed by atoms with Crippen LogP contribution in [0, 0.1) is 0 Å². The molecule has 1 saturated heterocycles. The first-order valence-electron chi connectivity index (χ1n) is 11.4. The van der Waals surface area contributed by atoms with Crippen LogP contribution >= 0.6 is 0 Å². The predicted molar refractivity (Wildman–Crippen MR) is 121 cm³/mol. The molecular weight excluding hydrogens is 358 g/mol. The number of amides is 2. The van der Waals surface area contributed by atoms with E-state index in [0.717, 1.165) is 64.7 Å². The Morgan fingerprint density at radius 3 is 2.45 bits per heavy atom. The maximum Gasteiger partial charge on any atom is 0.317 e. The first-order chi connectivity index (χ1) is 14.2. The van der Waals surface area contributed by atoms with Gasteiger partial charge in [0.05, 0.1) is 0 Å². The van der Waals surface area contributed by atoms with Crippen LogP contribution in [0.1, 0.15) is 64.0 Å². The fraction of sp³-hybridized carbons (Fsp3) is 0.560. The number of benzene rings is 1. The average Bonchev–Trinajstić information content (AvgIpc) is 2.78. The Labute approximate surface area is 176 Å². The molecule has 1 aliphatic heterocycles. The van der Waals surface area contributed by atoms with Crippen LogP contribution in [0.2, 0.25) is 0 Å². The van der Waals surface area contributed by atoms with E-state index in [0.29, 0.717) is 12.1 Å². The summed E-state index contributed by atoms with van der Waals surface area (Å²) in [5, 5.41) is 3.23. The molecule has 2 aliphatic rings. The minimum Gasteiger partial charge on any atom is -0.335 e. The van der Waals surface area contributed by atoms with Gasteiger partial charge in [0.15, 0.2) is 0 Å². The van der Waals surface area contributed by atoms with E-state index in [9.17, 15) is 4.79 Å². The van der Waals surface area contributed by atoms with Crippen LogP contribution in [-0.4, -0.2) is 48.1 Å². The van der Waals surface area contributed by atoms with Crippen LogP contribution in [0.4, 0.5) is 4.79 Å². The summed E-state index contributed by atoms with van der Waals surface area (Å²) in [5.41, 5.74) is 2.81. The van der Waals surface area contributed by atoms with Crippen molar-refractivity contribution in [2.45, 2.75) is 64.5 Å². The van der Waals surface area contributed by atoms with Gasteiger partial charge in [-0.15, -0.1) is 0 Å². The molecule has 2 atom stereocenters. The third-order valence-electron chi connectivity index (χ3n) is 6.18. The molecule has 1 heterocycles. The number of nitrogens with zero attached hydrogens (tertiary/aromatic N) is 2. The highest BCUT2D eigenvalue weighted by Crippen LogP contribution is 2.30. The smallest absolute Gasteiger partial charge is 0.317 e. The zero-order valence-corrected chi connectivity index (χ0v) is 18.1. The number of carbonyl (C=O) groups excluding carboxylic acids is 1. The number of nitrogens with one attached hydrogen (secondary N) is 1. The topological polar surface area (TPSA) is 35.6 Å². The molecule has 1 aromatic carbocycles. The van der Waals surface area contributed by atoms with Crippen molar-refractivity contribution in [1.82, 2.24) is 15.1 Å². The van der Waals surface area contributed by atoms with E-state index < -0.39 is 0 Å². The largest absolute Gasteiger partial charge is 0.335 e. The summed E-state index contributed by atoms with van der Waals surface area (Å²) in [6.07, 6.45) is 13.5. The Bertz CT molecular complexity index is 689. The first-order valence-corrected chi connectivity index (χ1v) is 11.4. The SMILES string of the molecule is CCCC(CC)NC(=O)N1CCN(C(CC2=CCCC=C2)c2ccccc2)CC1. The van der Waals surface area contributed by atoms with Crippen molar-refractivity contribution in [3.05, 3.63) is 59.7 Å². The van der Waals surface area contributed by atoms with Crippen molar-refractivity contribution >= 4 is 6.03 Å². The molecule has 0 saturated carbocycles. The van der Waals surface area contributed by atoms with Gasteiger partial charge in [0, 0.05) is 38.3 Å². The minimum absolute atomic E-state index is 0.110. The highest BCUT2D eigenvalue weighted by Gasteiger charge is 2.28. The van der Waals surface area contributed by atoms with Gasteiger partial charge in [-0.3, -0.25) is 4.90 Å². The lowest BCUT2D eigenvalue weighted by atomic mass is 9.94. The van der Waals surface area contributed by atoms with Crippen LogP contribution < -0.4 is 5.32 Å². The van der Waals surface area contributed by atoms with Crippen molar-refractivity contribution in [1.29, 1.82) is 0 Å². The zero-order chi connectivity index (χ0) is 20.5. The zero-order valence-electron chi connectivity index (χ0n) is 18.1. The number of carbonyl (C=O) groups is 1. The van der Waals surface area contributed by atoms with Gasteiger partial charge in [0.2, 0.25) is 0 Å². The van der Waals surface area contributed by atoms with E-state index in [1.165, 1.54) is 11.1 Å². The van der Waals surface area contributed by atoms with Gasteiger partial charge in [-0.05, 0) is 37.7 Å². The third-order valence-corrected chi connectivity index (χ3v) is 6.18. The van der Waals surface area contributed by atoms with Crippen molar-refractivity contribution in [2.75, 3.05) is 26.2 Å². The molecule has 4 heteroatoms. The average molecular weight is 396 g/mol. The molecule has 1 fully saturated rings. The Hall–Kier alpha value is -2.07. The van der Waals surface area contributed by atoms with Crippen LogP contribution in [0.3, 0.4) is 0 Å². The lowest BCUT2D eigenvalue weighted by molar-refractivity contribution is 0.106. The van der Waals surface area contributed by atoms with Crippen LogP contribution in [0.5, 0.6) is 0 Å². The second-order valence-corrected chi connectivity index (χ2v) is 8.26. The molecule has 0 radical (unpaired) electrons. The first kappa shape index (κ1) is 21.6. The number of hydrogen-bond donors (Lipinski definition) is 1. The quantitative estimate of drug-likeness (QED) is 0.648. The van der Waals surface area contributed by atoms with Crippen molar-refractivity contribution < 1.29 is 4.79 Å². The second-order valence-electron chi connectivity index (χ2n) is 8.26. The Morgan fingerprint density at radius 1 is 1.07 bits per heavy atom. The molecule has 2 amide bonds. The Kier molecular flexibility index (Phi) is 8.36. The Balaban J connectivity index is 1.61. The molecule has 4 nitrogen and oxygen atoms in total. The lowest BCUT2D eigenvalue weighted by Crippen LogP contribution is -2.54. The molecular formula is C25H37N3O. The summed E-state index contributed by atoms with van der Waals surface area (Å²) in [7, 11) is 0. The van der Waals surface area contributed by atoms with Crippen LogP contribution in [0.15, 0.2) is 54.1 Å². The number of urea groups is 1. The molecule has 2 unspecified atom stereocenters. The summed E-state index contributed by atoms with van der Waals surface area (Å²) in [6.45, 7) is 7.77. The van der Waals surface area contributed by atoms with Crippen molar-refractivity contribution in [3.63, 3.8) is 0 Å². The molecule has 158 valence electrons. The van der Waals surface area contributed by atoms with Gasteiger partial charge in [-0.1, -0.05) is 74.4 Å². The highest BCUT2D eigenvalue weighted by atomic mass is 16.2. The summed E-state index contributed by atoms with van der Waals surface area (Å²) in [6, 6.07) is 11.6. The molecule has 0 aromatic heterocycles. The van der Waals surface area contributed by atoms with Gasteiger partial charge in [-0.2, -0.15) is 0 Å². The second kappa shape index (κ2) is 11.2. The number of rotatable bonds is 8. The van der Waals surface area contributed by atoms with Crippen molar-refractivity contribution in [3.8, 4) is 0 Å². The fourth-order valence-electron chi connectivity index (χ4n) is 4.40. The maximum absolute atomic E-state index is 12.7. The van der Waals surface area contributed by atoms with E-state index in [2.05, 4.69) is 72.6 Å². The molecule has 0 bridgehead atoms. The Morgan fingerprint density at radius 2 is 1.83 bits per heavy atom. The van der Waals surface area contributed by atoms with Crippen molar-refractivity contribution in [2.24, 2.45) is 0 Å². The predicted octanol–water partition coefficient (Wildman–Crippen LogP) is 5.30. The minimum atomic E-state index is 0.110. The van der Waals surface area contributed by atoms with E-state index in [1.54, 1.807) is 0 Å². The van der Waals surface area contributed by atoms with E-state index >= 15 is 0 Å². The number of allylic oxidation sites excluding steroid dienone is 3.